The van der Waals surface area contributed by atoms with E-state index in [2.05, 4.69) is 14.8 Å². The highest BCUT2D eigenvalue weighted by atomic mass is 16.3. The van der Waals surface area contributed by atoms with Crippen LogP contribution in [0.3, 0.4) is 0 Å². The van der Waals surface area contributed by atoms with Crippen molar-refractivity contribution in [2.45, 2.75) is 19.4 Å². The van der Waals surface area contributed by atoms with Gasteiger partial charge in [0.25, 0.3) is 0 Å². The van der Waals surface area contributed by atoms with Gasteiger partial charge in [-0.1, -0.05) is 6.07 Å². The molecule has 1 aliphatic heterocycles. The van der Waals surface area contributed by atoms with Crippen molar-refractivity contribution in [3.8, 4) is 0 Å². The Hall–Kier alpha value is -1.17. The van der Waals surface area contributed by atoms with Crippen LogP contribution in [0.2, 0.25) is 0 Å². The van der Waals surface area contributed by atoms with Crippen LogP contribution in [0.25, 0.3) is 0 Å². The van der Waals surface area contributed by atoms with E-state index in [9.17, 15) is 5.11 Å². The molecule has 0 aromatic carbocycles. The highest BCUT2D eigenvalue weighted by Crippen LogP contribution is 2.24. The number of anilines is 1. The summed E-state index contributed by atoms with van der Waals surface area (Å²) in [5, 5.41) is 18.8. The lowest BCUT2D eigenvalue weighted by atomic mass is 10.1. The molecule has 0 unspecified atom stereocenters. The molecule has 19 heavy (non-hydrogen) atoms. The number of hydrogen-bond donors (Lipinski definition) is 2. The molecule has 1 aromatic heterocycles. The standard InChI is InChI=1S/C14H23N3O2/c1-12(19)13-4-2-5-15-14(13)17-7-3-6-16(8-9-17)10-11-18/h2,4-5,12,18-19H,3,6-11H2,1H3/t12-/m0/s1. The van der Waals surface area contributed by atoms with Gasteiger partial charge in [0.2, 0.25) is 0 Å². The van der Waals surface area contributed by atoms with Gasteiger partial charge in [-0.05, 0) is 26.0 Å². The van der Waals surface area contributed by atoms with Crippen LogP contribution >= 0.6 is 0 Å². The van der Waals surface area contributed by atoms with Gasteiger partial charge in [0.1, 0.15) is 5.82 Å². The molecule has 1 aliphatic rings. The lowest BCUT2D eigenvalue weighted by molar-refractivity contribution is 0.199. The van der Waals surface area contributed by atoms with Gasteiger partial charge in [-0.25, -0.2) is 4.98 Å². The van der Waals surface area contributed by atoms with Crippen LogP contribution in [-0.4, -0.2) is 59.4 Å². The van der Waals surface area contributed by atoms with Gasteiger partial charge >= 0.3 is 0 Å². The summed E-state index contributed by atoms with van der Waals surface area (Å²) in [6, 6.07) is 3.80. The minimum Gasteiger partial charge on any atom is -0.395 e. The first-order chi connectivity index (χ1) is 9.22. The van der Waals surface area contributed by atoms with E-state index < -0.39 is 6.10 Å². The summed E-state index contributed by atoms with van der Waals surface area (Å²) in [4.78, 5) is 8.94. The molecule has 1 saturated heterocycles. The van der Waals surface area contributed by atoms with Crippen LogP contribution in [0, 0.1) is 0 Å². The molecule has 1 aromatic rings. The fourth-order valence-corrected chi connectivity index (χ4v) is 2.55. The van der Waals surface area contributed by atoms with Gasteiger partial charge in [0, 0.05) is 37.9 Å². The minimum absolute atomic E-state index is 0.211. The van der Waals surface area contributed by atoms with Crippen molar-refractivity contribution in [3.63, 3.8) is 0 Å². The number of aliphatic hydroxyl groups excluding tert-OH is 2. The number of aliphatic hydroxyl groups is 2. The first-order valence-electron chi connectivity index (χ1n) is 6.93. The Balaban J connectivity index is 2.10. The molecule has 0 radical (unpaired) electrons. The van der Waals surface area contributed by atoms with Gasteiger partial charge in [-0.3, -0.25) is 4.90 Å². The average molecular weight is 265 g/mol. The molecule has 1 fully saturated rings. The van der Waals surface area contributed by atoms with E-state index >= 15 is 0 Å². The van der Waals surface area contributed by atoms with Gasteiger partial charge in [0.05, 0.1) is 12.7 Å². The molecular weight excluding hydrogens is 242 g/mol. The molecule has 1 atom stereocenters. The van der Waals surface area contributed by atoms with Gasteiger partial charge < -0.3 is 15.1 Å². The number of β-amino-alcohol motifs (C(OH)–C–C–N with tert-alkyl or cyclic N) is 1. The van der Waals surface area contributed by atoms with Crippen LogP contribution < -0.4 is 4.90 Å². The fourth-order valence-electron chi connectivity index (χ4n) is 2.55. The molecule has 0 spiro atoms. The third-order valence-electron chi connectivity index (χ3n) is 3.57. The van der Waals surface area contributed by atoms with Crippen molar-refractivity contribution in [2.75, 3.05) is 44.2 Å². The van der Waals surface area contributed by atoms with Crippen LogP contribution in [0.5, 0.6) is 0 Å². The van der Waals surface area contributed by atoms with Crippen LogP contribution in [0.4, 0.5) is 5.82 Å². The number of hydrogen-bond acceptors (Lipinski definition) is 5. The number of aromatic nitrogens is 1. The van der Waals surface area contributed by atoms with Crippen LogP contribution in [0.1, 0.15) is 25.0 Å². The second kappa shape index (κ2) is 6.84. The summed E-state index contributed by atoms with van der Waals surface area (Å²) in [5.74, 6) is 0.892. The maximum Gasteiger partial charge on any atom is 0.134 e. The monoisotopic (exact) mass is 265 g/mol. The Morgan fingerprint density at radius 3 is 2.89 bits per heavy atom. The number of rotatable bonds is 4. The zero-order chi connectivity index (χ0) is 13.7. The quantitative estimate of drug-likeness (QED) is 0.836. The highest BCUT2D eigenvalue weighted by Gasteiger charge is 2.19. The molecule has 2 rings (SSSR count). The molecule has 5 nitrogen and oxygen atoms in total. The molecule has 2 heterocycles. The van der Waals surface area contributed by atoms with E-state index in [-0.39, 0.29) is 6.61 Å². The Bertz CT molecular complexity index is 398. The topological polar surface area (TPSA) is 59.8 Å². The molecule has 2 N–H and O–H groups in total. The summed E-state index contributed by atoms with van der Waals surface area (Å²) in [6.45, 7) is 6.48. The normalized spacial score (nSPS) is 19.2. The summed E-state index contributed by atoms with van der Waals surface area (Å²) in [7, 11) is 0. The lowest BCUT2D eigenvalue weighted by Gasteiger charge is -2.25. The van der Waals surface area contributed by atoms with Gasteiger partial charge in [0.15, 0.2) is 0 Å². The minimum atomic E-state index is -0.500. The Kier molecular flexibility index (Phi) is 5.13. The predicted octanol–water partition coefficient (Wildman–Crippen LogP) is 0.639. The maximum atomic E-state index is 9.83. The van der Waals surface area contributed by atoms with Crippen molar-refractivity contribution < 1.29 is 10.2 Å². The van der Waals surface area contributed by atoms with Crippen LogP contribution in [-0.2, 0) is 0 Å². The zero-order valence-corrected chi connectivity index (χ0v) is 11.5. The van der Waals surface area contributed by atoms with E-state index in [1.165, 1.54) is 0 Å². The lowest BCUT2D eigenvalue weighted by Crippen LogP contribution is -2.33. The Morgan fingerprint density at radius 1 is 1.32 bits per heavy atom. The van der Waals surface area contributed by atoms with Crippen molar-refractivity contribution >= 4 is 5.82 Å². The van der Waals surface area contributed by atoms with E-state index in [0.29, 0.717) is 0 Å². The third kappa shape index (κ3) is 3.65. The zero-order valence-electron chi connectivity index (χ0n) is 11.5. The Labute approximate surface area is 114 Å². The molecular formula is C14H23N3O2. The van der Waals surface area contributed by atoms with Crippen molar-refractivity contribution in [1.82, 2.24) is 9.88 Å². The smallest absolute Gasteiger partial charge is 0.134 e. The summed E-state index contributed by atoms with van der Waals surface area (Å²) >= 11 is 0. The summed E-state index contributed by atoms with van der Waals surface area (Å²) in [5.41, 5.74) is 0.887. The third-order valence-corrected chi connectivity index (χ3v) is 3.57. The van der Waals surface area contributed by atoms with Gasteiger partial charge in [-0.15, -0.1) is 0 Å². The largest absolute Gasteiger partial charge is 0.395 e. The second-order valence-corrected chi connectivity index (χ2v) is 5.00. The van der Waals surface area contributed by atoms with E-state index in [0.717, 1.165) is 50.5 Å². The second-order valence-electron chi connectivity index (χ2n) is 5.00. The molecule has 0 saturated carbocycles. The molecule has 0 amide bonds. The maximum absolute atomic E-state index is 9.83. The first kappa shape index (κ1) is 14.2. The molecule has 5 heteroatoms. The first-order valence-corrected chi connectivity index (χ1v) is 6.93. The molecule has 0 aliphatic carbocycles. The predicted molar refractivity (Wildman–Crippen MR) is 75.2 cm³/mol. The molecule has 106 valence electrons. The highest BCUT2D eigenvalue weighted by molar-refractivity contribution is 5.47. The van der Waals surface area contributed by atoms with Crippen molar-refractivity contribution in [2.24, 2.45) is 0 Å². The van der Waals surface area contributed by atoms with Crippen molar-refractivity contribution in [1.29, 1.82) is 0 Å². The number of nitrogens with zero attached hydrogens (tertiary/aromatic N) is 3. The van der Waals surface area contributed by atoms with Crippen molar-refractivity contribution in [3.05, 3.63) is 23.9 Å². The summed E-state index contributed by atoms with van der Waals surface area (Å²) < 4.78 is 0. The van der Waals surface area contributed by atoms with Gasteiger partial charge in [-0.2, -0.15) is 0 Å². The van der Waals surface area contributed by atoms with E-state index in [1.807, 2.05) is 12.1 Å². The SMILES string of the molecule is C[C@H](O)c1cccnc1N1CCCN(CCO)CC1. The van der Waals surface area contributed by atoms with E-state index in [4.69, 9.17) is 5.11 Å². The fraction of sp³-hybridized carbons (Fsp3) is 0.643. The average Bonchev–Trinajstić information content (AvgIpc) is 2.65. The molecule has 0 bridgehead atoms. The van der Waals surface area contributed by atoms with E-state index in [1.54, 1.807) is 13.1 Å². The van der Waals surface area contributed by atoms with Crippen LogP contribution in [0.15, 0.2) is 18.3 Å². The Morgan fingerprint density at radius 2 is 2.16 bits per heavy atom. The summed E-state index contributed by atoms with van der Waals surface area (Å²) in [6.07, 6.45) is 2.33. The number of pyridine rings is 1.